The lowest BCUT2D eigenvalue weighted by atomic mass is 10.2. The van der Waals surface area contributed by atoms with E-state index in [1.54, 1.807) is 28.8 Å². The number of nitrogens with zero attached hydrogens (tertiary/aromatic N) is 4. The Balaban J connectivity index is 1.38. The quantitative estimate of drug-likeness (QED) is 0.541. The summed E-state index contributed by atoms with van der Waals surface area (Å²) in [6.07, 6.45) is 1.44. The van der Waals surface area contributed by atoms with Gasteiger partial charge in [-0.2, -0.15) is 4.98 Å². The average Bonchev–Trinajstić information content (AvgIpc) is 3.37. The number of aromatic nitrogens is 4. The molecule has 9 heteroatoms. The van der Waals surface area contributed by atoms with Gasteiger partial charge in [-0.3, -0.25) is 9.59 Å². The number of anilines is 1. The first kappa shape index (κ1) is 18.4. The Bertz CT molecular complexity index is 1180. The van der Waals surface area contributed by atoms with Crippen LogP contribution in [0.15, 0.2) is 53.1 Å². The van der Waals surface area contributed by atoms with E-state index >= 15 is 0 Å². The first-order valence-electron chi connectivity index (χ1n) is 8.92. The zero-order valence-electron chi connectivity index (χ0n) is 15.8. The van der Waals surface area contributed by atoms with Gasteiger partial charge in [-0.1, -0.05) is 12.1 Å². The summed E-state index contributed by atoms with van der Waals surface area (Å²) < 4.78 is 6.60. The summed E-state index contributed by atoms with van der Waals surface area (Å²) in [7, 11) is 0. The van der Waals surface area contributed by atoms with E-state index in [1.165, 1.54) is 6.26 Å². The van der Waals surface area contributed by atoms with Crippen molar-refractivity contribution in [2.24, 2.45) is 0 Å². The van der Waals surface area contributed by atoms with Crippen LogP contribution >= 0.6 is 0 Å². The lowest BCUT2D eigenvalue weighted by Gasteiger charge is -2.06. The lowest BCUT2D eigenvalue weighted by Crippen LogP contribution is -2.24. The Morgan fingerprint density at radius 2 is 1.86 bits per heavy atom. The molecule has 2 amide bonds. The van der Waals surface area contributed by atoms with E-state index < -0.39 is 0 Å². The number of rotatable bonds is 5. The second-order valence-electron chi connectivity index (χ2n) is 6.50. The Labute approximate surface area is 165 Å². The smallest absolute Gasteiger partial charge is 0.291 e. The summed E-state index contributed by atoms with van der Waals surface area (Å²) in [5.41, 5.74) is 3.16. The minimum Gasteiger partial charge on any atom is -0.459 e. The van der Waals surface area contributed by atoms with Gasteiger partial charge in [0.05, 0.1) is 6.26 Å². The van der Waals surface area contributed by atoms with Gasteiger partial charge in [0.1, 0.15) is 0 Å². The van der Waals surface area contributed by atoms with Crippen LogP contribution in [-0.4, -0.2) is 31.4 Å². The molecule has 29 heavy (non-hydrogen) atoms. The monoisotopic (exact) mass is 390 g/mol. The zero-order valence-corrected chi connectivity index (χ0v) is 15.8. The van der Waals surface area contributed by atoms with Crippen LogP contribution in [0.3, 0.4) is 0 Å². The first-order valence-corrected chi connectivity index (χ1v) is 8.92. The highest BCUT2D eigenvalue weighted by atomic mass is 16.3. The van der Waals surface area contributed by atoms with E-state index in [9.17, 15) is 9.59 Å². The number of aryl methyl sites for hydroxylation is 2. The van der Waals surface area contributed by atoms with Crippen LogP contribution in [0.5, 0.6) is 0 Å². The molecule has 0 unspecified atom stereocenters. The Morgan fingerprint density at radius 3 is 2.59 bits per heavy atom. The van der Waals surface area contributed by atoms with Gasteiger partial charge >= 0.3 is 0 Å². The molecule has 0 aliphatic heterocycles. The maximum atomic E-state index is 12.4. The standard InChI is InChI=1S/C20H18N6O3/c1-12-10-13(2)26-20(22-12)24-17(25-26)19(28)21-11-14-5-7-15(8-6-14)23-18(27)16-4-3-9-29-16/h3-10H,11H2,1-2H3,(H,21,28)(H,23,27). The van der Waals surface area contributed by atoms with Crippen LogP contribution in [0.2, 0.25) is 0 Å². The van der Waals surface area contributed by atoms with Gasteiger partial charge < -0.3 is 15.1 Å². The normalized spacial score (nSPS) is 10.8. The minimum atomic E-state index is -0.386. The lowest BCUT2D eigenvalue weighted by molar-refractivity contribution is 0.0940. The summed E-state index contributed by atoms with van der Waals surface area (Å²) in [6.45, 7) is 4.04. The van der Waals surface area contributed by atoms with E-state index in [2.05, 4.69) is 25.7 Å². The van der Waals surface area contributed by atoms with Crippen molar-refractivity contribution >= 4 is 23.3 Å². The largest absolute Gasteiger partial charge is 0.459 e. The number of furan rings is 1. The third kappa shape index (κ3) is 3.98. The molecule has 3 heterocycles. The van der Waals surface area contributed by atoms with Crippen molar-refractivity contribution in [1.29, 1.82) is 0 Å². The maximum absolute atomic E-state index is 12.4. The highest BCUT2D eigenvalue weighted by Crippen LogP contribution is 2.12. The van der Waals surface area contributed by atoms with Crippen LogP contribution in [-0.2, 0) is 6.54 Å². The van der Waals surface area contributed by atoms with Gasteiger partial charge in [-0.25, -0.2) is 9.50 Å². The Kier molecular flexibility index (Phi) is 4.78. The maximum Gasteiger partial charge on any atom is 0.291 e. The number of carbonyl (C=O) groups excluding carboxylic acids is 2. The fourth-order valence-corrected chi connectivity index (χ4v) is 2.83. The summed E-state index contributed by atoms with van der Waals surface area (Å²) in [6, 6.07) is 12.2. The Hall–Kier alpha value is -4.01. The number of fused-ring (bicyclic) bond motifs is 1. The number of benzene rings is 1. The van der Waals surface area contributed by atoms with Crippen molar-refractivity contribution in [2.75, 3.05) is 5.32 Å². The molecule has 0 aliphatic carbocycles. The highest BCUT2D eigenvalue weighted by Gasteiger charge is 2.15. The molecule has 0 spiro atoms. The molecule has 4 rings (SSSR count). The van der Waals surface area contributed by atoms with E-state index in [0.29, 0.717) is 18.0 Å². The molecular weight excluding hydrogens is 372 g/mol. The average molecular weight is 390 g/mol. The number of hydrogen-bond acceptors (Lipinski definition) is 6. The second-order valence-corrected chi connectivity index (χ2v) is 6.50. The van der Waals surface area contributed by atoms with Crippen LogP contribution in [0.1, 0.15) is 38.1 Å². The van der Waals surface area contributed by atoms with E-state index in [-0.39, 0.29) is 23.4 Å². The molecule has 9 nitrogen and oxygen atoms in total. The molecule has 0 saturated carbocycles. The molecule has 146 valence electrons. The van der Waals surface area contributed by atoms with Gasteiger partial charge in [0.25, 0.3) is 17.6 Å². The van der Waals surface area contributed by atoms with E-state index in [0.717, 1.165) is 17.0 Å². The molecule has 0 aliphatic rings. The van der Waals surface area contributed by atoms with Crippen molar-refractivity contribution in [3.8, 4) is 0 Å². The van der Waals surface area contributed by atoms with E-state index in [1.807, 2.05) is 32.0 Å². The molecular formula is C20H18N6O3. The highest BCUT2D eigenvalue weighted by molar-refractivity contribution is 6.02. The molecule has 0 bridgehead atoms. The second kappa shape index (κ2) is 7.55. The predicted molar refractivity (Wildman–Crippen MR) is 105 cm³/mol. The van der Waals surface area contributed by atoms with Crippen molar-refractivity contribution < 1.29 is 14.0 Å². The number of nitrogens with one attached hydrogen (secondary N) is 2. The molecule has 4 aromatic rings. The molecule has 0 radical (unpaired) electrons. The van der Waals surface area contributed by atoms with Crippen LogP contribution in [0.4, 0.5) is 5.69 Å². The van der Waals surface area contributed by atoms with Crippen molar-refractivity contribution in [3.05, 3.63) is 77.3 Å². The van der Waals surface area contributed by atoms with Crippen molar-refractivity contribution in [2.45, 2.75) is 20.4 Å². The molecule has 1 aromatic carbocycles. The predicted octanol–water partition coefficient (Wildman–Crippen LogP) is 2.52. The third-order valence-corrected chi connectivity index (χ3v) is 4.23. The Morgan fingerprint density at radius 1 is 1.07 bits per heavy atom. The number of amides is 2. The molecule has 2 N–H and O–H groups in total. The van der Waals surface area contributed by atoms with Gasteiger partial charge in [0.2, 0.25) is 5.82 Å². The summed E-state index contributed by atoms with van der Waals surface area (Å²) in [5, 5.41) is 9.73. The SMILES string of the molecule is Cc1cc(C)n2nc(C(=O)NCc3ccc(NC(=O)c4ccco4)cc3)nc2n1. The zero-order chi connectivity index (χ0) is 20.4. The summed E-state index contributed by atoms with van der Waals surface area (Å²) in [5.74, 6) is -0.0186. The first-order chi connectivity index (χ1) is 14.0. The van der Waals surface area contributed by atoms with E-state index in [4.69, 9.17) is 4.42 Å². The molecule has 0 saturated heterocycles. The van der Waals surface area contributed by atoms with Gasteiger partial charge in [0.15, 0.2) is 5.76 Å². The van der Waals surface area contributed by atoms with Crippen LogP contribution in [0.25, 0.3) is 5.78 Å². The topological polar surface area (TPSA) is 114 Å². The molecule has 0 atom stereocenters. The fraction of sp³-hybridized carbons (Fsp3) is 0.150. The number of carbonyl (C=O) groups is 2. The minimum absolute atomic E-state index is 0.0635. The molecule has 0 fully saturated rings. The van der Waals surface area contributed by atoms with Crippen molar-refractivity contribution in [1.82, 2.24) is 24.9 Å². The third-order valence-electron chi connectivity index (χ3n) is 4.23. The van der Waals surface area contributed by atoms with Gasteiger partial charge in [-0.05, 0) is 49.7 Å². The van der Waals surface area contributed by atoms with Crippen LogP contribution in [0, 0.1) is 13.8 Å². The fourth-order valence-electron chi connectivity index (χ4n) is 2.83. The van der Waals surface area contributed by atoms with Gasteiger partial charge in [0, 0.05) is 23.6 Å². The van der Waals surface area contributed by atoms with Crippen LogP contribution < -0.4 is 10.6 Å². The number of hydrogen-bond donors (Lipinski definition) is 2. The molecule has 3 aromatic heterocycles. The summed E-state index contributed by atoms with van der Waals surface area (Å²) >= 11 is 0. The van der Waals surface area contributed by atoms with Gasteiger partial charge in [-0.15, -0.1) is 5.10 Å². The van der Waals surface area contributed by atoms with Crippen molar-refractivity contribution in [3.63, 3.8) is 0 Å². The summed E-state index contributed by atoms with van der Waals surface area (Å²) in [4.78, 5) is 32.8.